The van der Waals surface area contributed by atoms with Gasteiger partial charge in [0.2, 0.25) is 0 Å². The lowest BCUT2D eigenvalue weighted by atomic mass is 9.76. The fourth-order valence-corrected chi connectivity index (χ4v) is 2.87. The molecule has 1 fully saturated rings. The second-order valence-electron chi connectivity index (χ2n) is 4.78. The molecule has 1 aliphatic carbocycles. The maximum absolute atomic E-state index is 12.9. The van der Waals surface area contributed by atoms with Crippen LogP contribution in [0.2, 0.25) is 0 Å². The molecule has 0 bridgehead atoms. The molecule has 1 saturated heterocycles. The molecule has 0 aromatic heterocycles. The van der Waals surface area contributed by atoms with Crippen LogP contribution in [0.5, 0.6) is 0 Å². The summed E-state index contributed by atoms with van der Waals surface area (Å²) in [5.74, 6) is 0.954. The molecule has 2 aliphatic rings. The quantitative estimate of drug-likeness (QED) is 0.779. The maximum Gasteiger partial charge on any atom is 0.123 e. The van der Waals surface area contributed by atoms with Gasteiger partial charge in [-0.15, -0.1) is 0 Å². The molecule has 1 aromatic carbocycles. The fourth-order valence-electron chi connectivity index (χ4n) is 2.87. The van der Waals surface area contributed by atoms with Gasteiger partial charge in [-0.3, -0.25) is 0 Å². The van der Waals surface area contributed by atoms with Crippen LogP contribution in [0.15, 0.2) is 48.6 Å². The van der Waals surface area contributed by atoms with Gasteiger partial charge in [0.25, 0.3) is 0 Å². The third kappa shape index (κ3) is 2.05. The highest BCUT2D eigenvalue weighted by Gasteiger charge is 2.31. The molecule has 3 atom stereocenters. The van der Waals surface area contributed by atoms with Crippen molar-refractivity contribution in [2.75, 3.05) is 6.54 Å². The third-order valence-electron chi connectivity index (χ3n) is 3.75. The largest absolute Gasteiger partial charge is 0.309 e. The second-order valence-corrected chi connectivity index (χ2v) is 4.78. The molecule has 1 aliphatic heterocycles. The highest BCUT2D eigenvalue weighted by molar-refractivity contribution is 5.26. The van der Waals surface area contributed by atoms with Crippen LogP contribution in [0.25, 0.3) is 0 Å². The van der Waals surface area contributed by atoms with Crippen LogP contribution in [-0.4, -0.2) is 6.54 Å². The van der Waals surface area contributed by atoms with Crippen LogP contribution in [0.3, 0.4) is 0 Å². The molecule has 88 valence electrons. The molecule has 1 N–H and O–H groups in total. The molecule has 0 radical (unpaired) electrons. The van der Waals surface area contributed by atoms with Gasteiger partial charge in [-0.25, -0.2) is 4.39 Å². The Labute approximate surface area is 101 Å². The maximum atomic E-state index is 12.9. The number of hydrogen-bond donors (Lipinski definition) is 1. The summed E-state index contributed by atoms with van der Waals surface area (Å²) in [4.78, 5) is 0. The number of piperidine rings is 1. The van der Waals surface area contributed by atoms with Crippen LogP contribution < -0.4 is 5.32 Å². The van der Waals surface area contributed by atoms with Crippen molar-refractivity contribution in [3.63, 3.8) is 0 Å². The van der Waals surface area contributed by atoms with Crippen molar-refractivity contribution < 1.29 is 4.39 Å². The van der Waals surface area contributed by atoms with Crippen molar-refractivity contribution in [3.8, 4) is 0 Å². The molecule has 1 aromatic rings. The lowest BCUT2D eigenvalue weighted by molar-refractivity contribution is 0.271. The van der Waals surface area contributed by atoms with Gasteiger partial charge in [0.1, 0.15) is 5.82 Å². The monoisotopic (exact) mass is 229 g/mol. The van der Waals surface area contributed by atoms with Crippen molar-refractivity contribution in [1.82, 2.24) is 5.32 Å². The number of halogens is 1. The Morgan fingerprint density at radius 1 is 1.06 bits per heavy atom. The van der Waals surface area contributed by atoms with E-state index in [-0.39, 0.29) is 5.82 Å². The zero-order valence-corrected chi connectivity index (χ0v) is 9.64. The van der Waals surface area contributed by atoms with Gasteiger partial charge in [0.15, 0.2) is 0 Å². The summed E-state index contributed by atoms with van der Waals surface area (Å²) >= 11 is 0. The number of benzene rings is 1. The lowest BCUT2D eigenvalue weighted by Crippen LogP contribution is -2.39. The van der Waals surface area contributed by atoms with Gasteiger partial charge >= 0.3 is 0 Å². The first-order chi connectivity index (χ1) is 8.34. The molecular weight excluding hydrogens is 213 g/mol. The highest BCUT2D eigenvalue weighted by atomic mass is 19.1. The van der Waals surface area contributed by atoms with Crippen molar-refractivity contribution in [1.29, 1.82) is 0 Å². The van der Waals surface area contributed by atoms with Crippen LogP contribution >= 0.6 is 0 Å². The van der Waals surface area contributed by atoms with E-state index < -0.39 is 0 Å². The normalized spacial score (nSPS) is 31.2. The summed E-state index contributed by atoms with van der Waals surface area (Å²) in [5.41, 5.74) is 1.18. The van der Waals surface area contributed by atoms with Crippen LogP contribution in [0.4, 0.5) is 4.39 Å². The smallest absolute Gasteiger partial charge is 0.123 e. The van der Waals surface area contributed by atoms with E-state index in [2.05, 4.69) is 29.6 Å². The van der Waals surface area contributed by atoms with Gasteiger partial charge in [-0.2, -0.15) is 0 Å². The number of allylic oxidation sites excluding steroid dienone is 3. The van der Waals surface area contributed by atoms with Crippen molar-refractivity contribution in [2.45, 2.75) is 12.5 Å². The zero-order chi connectivity index (χ0) is 11.7. The van der Waals surface area contributed by atoms with Gasteiger partial charge in [0.05, 0.1) is 0 Å². The Hall–Kier alpha value is -1.41. The van der Waals surface area contributed by atoms with E-state index in [0.717, 1.165) is 6.54 Å². The Bertz CT molecular complexity index is 446. The highest BCUT2D eigenvalue weighted by Crippen LogP contribution is 2.37. The van der Waals surface area contributed by atoms with E-state index in [1.165, 1.54) is 12.0 Å². The predicted octanol–water partition coefficient (Wildman–Crippen LogP) is 3.22. The topological polar surface area (TPSA) is 12.0 Å². The molecule has 0 amide bonds. The first-order valence-electron chi connectivity index (χ1n) is 6.18. The fraction of sp³-hybridized carbons (Fsp3) is 0.333. The van der Waals surface area contributed by atoms with Gasteiger partial charge in [-0.05, 0) is 36.6 Å². The van der Waals surface area contributed by atoms with E-state index in [1.54, 1.807) is 12.1 Å². The summed E-state index contributed by atoms with van der Waals surface area (Å²) in [5, 5.41) is 3.55. The minimum absolute atomic E-state index is 0.166. The lowest BCUT2D eigenvalue weighted by Gasteiger charge is -2.37. The molecule has 3 rings (SSSR count). The standard InChI is InChI=1S/C15H16FN/c16-13-7-5-12(6-8-13)15-14-4-2-1-3-11(14)9-10-17-15/h1-8,11,14-15,17H,9-10H2. The summed E-state index contributed by atoms with van der Waals surface area (Å²) in [6, 6.07) is 7.19. The first-order valence-corrected chi connectivity index (χ1v) is 6.18. The Balaban J connectivity index is 1.89. The van der Waals surface area contributed by atoms with E-state index in [4.69, 9.17) is 0 Å². The van der Waals surface area contributed by atoms with Crippen molar-refractivity contribution in [2.24, 2.45) is 11.8 Å². The summed E-state index contributed by atoms with van der Waals surface area (Å²) in [6.45, 7) is 1.03. The minimum Gasteiger partial charge on any atom is -0.309 e. The predicted molar refractivity (Wildman–Crippen MR) is 67.0 cm³/mol. The van der Waals surface area contributed by atoms with Crippen molar-refractivity contribution in [3.05, 3.63) is 60.0 Å². The molecule has 1 nitrogen and oxygen atoms in total. The van der Waals surface area contributed by atoms with Gasteiger partial charge < -0.3 is 5.32 Å². The van der Waals surface area contributed by atoms with E-state index in [0.29, 0.717) is 17.9 Å². The Kier molecular flexibility index (Phi) is 2.81. The molecule has 1 heterocycles. The van der Waals surface area contributed by atoms with Gasteiger partial charge in [-0.1, -0.05) is 36.4 Å². The average Bonchev–Trinajstić information content (AvgIpc) is 2.39. The zero-order valence-electron chi connectivity index (χ0n) is 9.64. The molecular formula is C15H16FN. The average molecular weight is 229 g/mol. The summed E-state index contributed by atoms with van der Waals surface area (Å²) < 4.78 is 12.9. The molecule has 0 spiro atoms. The third-order valence-corrected chi connectivity index (χ3v) is 3.75. The molecule has 0 saturated carbocycles. The minimum atomic E-state index is -0.166. The number of hydrogen-bond acceptors (Lipinski definition) is 1. The van der Waals surface area contributed by atoms with E-state index in [9.17, 15) is 4.39 Å². The molecule has 2 heteroatoms. The Morgan fingerprint density at radius 3 is 2.65 bits per heavy atom. The van der Waals surface area contributed by atoms with Crippen LogP contribution in [0.1, 0.15) is 18.0 Å². The van der Waals surface area contributed by atoms with Crippen LogP contribution in [-0.2, 0) is 0 Å². The summed E-state index contributed by atoms with van der Waals surface area (Å²) in [7, 11) is 0. The number of rotatable bonds is 1. The van der Waals surface area contributed by atoms with Crippen LogP contribution in [0, 0.1) is 17.7 Å². The van der Waals surface area contributed by atoms with Crippen molar-refractivity contribution >= 4 is 0 Å². The summed E-state index contributed by atoms with van der Waals surface area (Å²) in [6.07, 6.45) is 10.00. The molecule has 3 unspecified atom stereocenters. The van der Waals surface area contributed by atoms with E-state index in [1.807, 2.05) is 12.1 Å². The SMILES string of the molecule is Fc1ccc(C2NCCC3C=CC=CC32)cc1. The second kappa shape index (κ2) is 4.46. The Morgan fingerprint density at radius 2 is 1.82 bits per heavy atom. The molecule has 17 heavy (non-hydrogen) atoms. The first kappa shape index (κ1) is 10.7. The number of fused-ring (bicyclic) bond motifs is 1. The van der Waals surface area contributed by atoms with E-state index >= 15 is 0 Å². The van der Waals surface area contributed by atoms with Gasteiger partial charge in [0, 0.05) is 12.0 Å². The number of nitrogens with one attached hydrogen (secondary N) is 1.